The lowest BCUT2D eigenvalue weighted by molar-refractivity contribution is 0.0696. The van der Waals surface area contributed by atoms with Gasteiger partial charge < -0.3 is 15.3 Å². The maximum Gasteiger partial charge on any atom is 0.336 e. The van der Waals surface area contributed by atoms with Crippen LogP contribution in [-0.4, -0.2) is 35.1 Å². The van der Waals surface area contributed by atoms with E-state index in [0.29, 0.717) is 17.3 Å². The van der Waals surface area contributed by atoms with E-state index in [0.717, 1.165) is 12.8 Å². The summed E-state index contributed by atoms with van der Waals surface area (Å²) in [5.74, 6) is -0.987. The minimum atomic E-state index is -0.987. The number of carbonyl (C=O) groups excluding carboxylic acids is 1. The number of nitrogens with zero attached hydrogens (tertiary/aromatic N) is 1. The summed E-state index contributed by atoms with van der Waals surface area (Å²) < 4.78 is 0. The van der Waals surface area contributed by atoms with Gasteiger partial charge in [0, 0.05) is 18.8 Å². The SMILES string of the molecule is Cc1c(NC(=O)N(C)C2CC2)cccc1C(=O)O. The molecule has 0 spiro atoms. The van der Waals surface area contributed by atoms with Crippen molar-refractivity contribution < 1.29 is 14.7 Å². The second-order valence-corrected chi connectivity index (χ2v) is 4.56. The van der Waals surface area contributed by atoms with E-state index in [9.17, 15) is 9.59 Å². The minimum absolute atomic E-state index is 0.192. The summed E-state index contributed by atoms with van der Waals surface area (Å²) in [5, 5.41) is 11.8. The largest absolute Gasteiger partial charge is 0.478 e. The molecule has 1 saturated carbocycles. The number of carboxylic acids is 1. The van der Waals surface area contributed by atoms with Crippen molar-refractivity contribution in [1.29, 1.82) is 0 Å². The first kappa shape index (κ1) is 12.4. The molecular formula is C13H16N2O3. The Bertz CT molecular complexity index is 495. The number of carboxylic acid groups (broad SMARTS) is 1. The highest BCUT2D eigenvalue weighted by molar-refractivity contribution is 5.95. The third kappa shape index (κ3) is 2.45. The Morgan fingerprint density at radius 2 is 2.06 bits per heavy atom. The van der Waals surface area contributed by atoms with E-state index in [-0.39, 0.29) is 11.6 Å². The zero-order chi connectivity index (χ0) is 13.3. The minimum Gasteiger partial charge on any atom is -0.478 e. The van der Waals surface area contributed by atoms with Crippen molar-refractivity contribution in [2.45, 2.75) is 25.8 Å². The van der Waals surface area contributed by atoms with Gasteiger partial charge >= 0.3 is 12.0 Å². The highest BCUT2D eigenvalue weighted by Gasteiger charge is 2.29. The van der Waals surface area contributed by atoms with Crippen LogP contribution in [0.2, 0.25) is 0 Å². The molecule has 18 heavy (non-hydrogen) atoms. The smallest absolute Gasteiger partial charge is 0.336 e. The summed E-state index contributed by atoms with van der Waals surface area (Å²) in [6.45, 7) is 1.69. The van der Waals surface area contributed by atoms with Crippen molar-refractivity contribution in [1.82, 2.24) is 4.90 Å². The molecule has 1 fully saturated rings. The van der Waals surface area contributed by atoms with Crippen molar-refractivity contribution in [3.8, 4) is 0 Å². The molecule has 0 saturated heterocycles. The zero-order valence-corrected chi connectivity index (χ0v) is 10.4. The van der Waals surface area contributed by atoms with Gasteiger partial charge in [0.2, 0.25) is 0 Å². The van der Waals surface area contributed by atoms with Crippen LogP contribution in [0.1, 0.15) is 28.8 Å². The molecule has 1 aliphatic carbocycles. The number of anilines is 1. The average molecular weight is 248 g/mol. The molecule has 2 rings (SSSR count). The lowest BCUT2D eigenvalue weighted by Crippen LogP contribution is -2.33. The second kappa shape index (κ2) is 4.68. The fourth-order valence-electron chi connectivity index (χ4n) is 1.83. The average Bonchev–Trinajstić information content (AvgIpc) is 3.14. The van der Waals surface area contributed by atoms with Gasteiger partial charge in [-0.25, -0.2) is 9.59 Å². The summed E-state index contributed by atoms with van der Waals surface area (Å²) in [5.41, 5.74) is 1.33. The van der Waals surface area contributed by atoms with Gasteiger partial charge in [0.25, 0.3) is 0 Å². The van der Waals surface area contributed by atoms with Crippen LogP contribution in [0.5, 0.6) is 0 Å². The molecule has 96 valence electrons. The number of hydrogen-bond donors (Lipinski definition) is 2. The fraction of sp³-hybridized carbons (Fsp3) is 0.385. The predicted octanol–water partition coefficient (Wildman–Crippen LogP) is 2.32. The van der Waals surface area contributed by atoms with Crippen LogP contribution >= 0.6 is 0 Å². The molecule has 2 amide bonds. The van der Waals surface area contributed by atoms with Crippen molar-refractivity contribution in [2.75, 3.05) is 12.4 Å². The molecule has 1 aromatic rings. The number of nitrogens with one attached hydrogen (secondary N) is 1. The summed E-state index contributed by atoms with van der Waals surface area (Å²) in [4.78, 5) is 24.5. The molecule has 2 N–H and O–H groups in total. The van der Waals surface area contributed by atoms with Gasteiger partial charge in [0.05, 0.1) is 5.56 Å². The molecular weight excluding hydrogens is 232 g/mol. The van der Waals surface area contributed by atoms with Gasteiger partial charge in [0.15, 0.2) is 0 Å². The highest BCUT2D eigenvalue weighted by atomic mass is 16.4. The van der Waals surface area contributed by atoms with E-state index in [2.05, 4.69) is 5.32 Å². The Morgan fingerprint density at radius 1 is 1.39 bits per heavy atom. The normalized spacial score (nSPS) is 14.1. The Kier molecular flexibility index (Phi) is 3.23. The molecule has 0 unspecified atom stereocenters. The van der Waals surface area contributed by atoms with Crippen molar-refractivity contribution in [3.05, 3.63) is 29.3 Å². The molecule has 0 bridgehead atoms. The number of carbonyl (C=O) groups is 2. The van der Waals surface area contributed by atoms with Crippen LogP contribution in [0.4, 0.5) is 10.5 Å². The first-order chi connectivity index (χ1) is 8.50. The molecule has 0 atom stereocenters. The zero-order valence-electron chi connectivity index (χ0n) is 10.4. The van der Waals surface area contributed by atoms with Gasteiger partial charge in [-0.3, -0.25) is 0 Å². The maximum absolute atomic E-state index is 11.9. The molecule has 5 heteroatoms. The van der Waals surface area contributed by atoms with Crippen LogP contribution < -0.4 is 5.32 Å². The van der Waals surface area contributed by atoms with Gasteiger partial charge in [0.1, 0.15) is 0 Å². The Balaban J connectivity index is 2.16. The van der Waals surface area contributed by atoms with Crippen LogP contribution in [0.25, 0.3) is 0 Å². The molecule has 1 aliphatic rings. The maximum atomic E-state index is 11.9. The van der Waals surface area contributed by atoms with Crippen molar-refractivity contribution in [3.63, 3.8) is 0 Å². The topological polar surface area (TPSA) is 69.6 Å². The third-order valence-corrected chi connectivity index (χ3v) is 3.22. The number of urea groups is 1. The number of hydrogen-bond acceptors (Lipinski definition) is 2. The van der Waals surface area contributed by atoms with Crippen LogP contribution in [0.15, 0.2) is 18.2 Å². The molecule has 0 aliphatic heterocycles. The lowest BCUT2D eigenvalue weighted by atomic mass is 10.1. The summed E-state index contributed by atoms with van der Waals surface area (Å²) in [7, 11) is 1.75. The Labute approximate surface area is 105 Å². The van der Waals surface area contributed by atoms with Crippen LogP contribution in [0, 0.1) is 6.92 Å². The van der Waals surface area contributed by atoms with Gasteiger partial charge in [-0.1, -0.05) is 6.07 Å². The third-order valence-electron chi connectivity index (χ3n) is 3.22. The van der Waals surface area contributed by atoms with Gasteiger partial charge in [-0.2, -0.15) is 0 Å². The molecule has 0 radical (unpaired) electrons. The summed E-state index contributed by atoms with van der Waals surface area (Å²) >= 11 is 0. The van der Waals surface area contributed by atoms with E-state index >= 15 is 0 Å². The lowest BCUT2D eigenvalue weighted by Gasteiger charge is -2.18. The van der Waals surface area contributed by atoms with Crippen molar-refractivity contribution >= 4 is 17.7 Å². The Hall–Kier alpha value is -2.04. The molecule has 0 heterocycles. The van der Waals surface area contributed by atoms with E-state index in [4.69, 9.17) is 5.11 Å². The number of aromatic carboxylic acids is 1. The predicted molar refractivity (Wildman–Crippen MR) is 67.9 cm³/mol. The molecule has 0 aromatic heterocycles. The molecule has 1 aromatic carbocycles. The van der Waals surface area contributed by atoms with E-state index in [1.54, 1.807) is 31.0 Å². The number of benzene rings is 1. The second-order valence-electron chi connectivity index (χ2n) is 4.56. The van der Waals surface area contributed by atoms with E-state index < -0.39 is 5.97 Å². The van der Waals surface area contributed by atoms with Gasteiger partial charge in [-0.15, -0.1) is 0 Å². The first-order valence-electron chi connectivity index (χ1n) is 5.87. The standard InChI is InChI=1S/C13H16N2O3/c1-8-10(12(16)17)4-3-5-11(8)14-13(18)15(2)9-6-7-9/h3-5,9H,6-7H2,1-2H3,(H,14,18)(H,16,17). The van der Waals surface area contributed by atoms with Gasteiger partial charge in [-0.05, 0) is 37.5 Å². The number of rotatable bonds is 3. The van der Waals surface area contributed by atoms with Crippen LogP contribution in [0.3, 0.4) is 0 Å². The Morgan fingerprint density at radius 3 is 2.61 bits per heavy atom. The van der Waals surface area contributed by atoms with E-state index in [1.165, 1.54) is 6.07 Å². The first-order valence-corrected chi connectivity index (χ1v) is 5.87. The monoisotopic (exact) mass is 248 g/mol. The highest BCUT2D eigenvalue weighted by Crippen LogP contribution is 2.26. The number of amides is 2. The molecule has 5 nitrogen and oxygen atoms in total. The van der Waals surface area contributed by atoms with E-state index in [1.807, 2.05) is 0 Å². The van der Waals surface area contributed by atoms with Crippen molar-refractivity contribution in [2.24, 2.45) is 0 Å². The van der Waals surface area contributed by atoms with Crippen LogP contribution in [-0.2, 0) is 0 Å². The fourth-order valence-corrected chi connectivity index (χ4v) is 1.83. The summed E-state index contributed by atoms with van der Waals surface area (Å²) in [6.07, 6.45) is 2.08. The quantitative estimate of drug-likeness (QED) is 0.862. The summed E-state index contributed by atoms with van der Waals surface area (Å²) in [6, 6.07) is 5.00.